The molecule has 8 nitrogen and oxygen atoms in total. The summed E-state index contributed by atoms with van der Waals surface area (Å²) in [6, 6.07) is 0.579. The Morgan fingerprint density at radius 2 is 2.03 bits per heavy atom. The molecule has 2 saturated heterocycles. The molecule has 0 aromatic carbocycles. The molecule has 2 fully saturated rings. The molecule has 0 spiro atoms. The first-order chi connectivity index (χ1) is 13.4. The number of hydrogen-bond acceptors (Lipinski definition) is 6. The van der Waals surface area contributed by atoms with Gasteiger partial charge in [-0.1, -0.05) is 31.8 Å². The molecule has 166 valence electrons. The van der Waals surface area contributed by atoms with Crippen molar-refractivity contribution in [2.45, 2.75) is 76.7 Å². The zero-order chi connectivity index (χ0) is 21.7. The molecule has 2 aliphatic heterocycles. The van der Waals surface area contributed by atoms with Gasteiger partial charge in [0.15, 0.2) is 0 Å². The Labute approximate surface area is 174 Å². The maximum absolute atomic E-state index is 12.6. The van der Waals surface area contributed by atoms with Gasteiger partial charge in [-0.2, -0.15) is 0 Å². The highest BCUT2D eigenvalue weighted by molar-refractivity contribution is 6.76. The van der Waals surface area contributed by atoms with Gasteiger partial charge in [0, 0.05) is 21.2 Å². The molecule has 3 atom stereocenters. The van der Waals surface area contributed by atoms with Crippen molar-refractivity contribution in [1.29, 1.82) is 0 Å². The number of cyclic esters (lactones) is 1. The Morgan fingerprint density at radius 3 is 2.62 bits per heavy atom. The second kappa shape index (κ2) is 9.95. The van der Waals surface area contributed by atoms with Crippen LogP contribution in [0, 0.1) is 0 Å². The van der Waals surface area contributed by atoms with Crippen LogP contribution in [0.2, 0.25) is 25.7 Å². The Morgan fingerprint density at radius 1 is 1.31 bits per heavy atom. The maximum Gasteiger partial charge on any atom is 0.410 e. The minimum Gasteiger partial charge on any atom is -0.447 e. The summed E-state index contributed by atoms with van der Waals surface area (Å²) in [4.78, 5) is 25.5. The van der Waals surface area contributed by atoms with E-state index in [0.717, 1.165) is 6.04 Å². The number of ether oxygens (including phenoxy) is 4. The van der Waals surface area contributed by atoms with Crippen LogP contribution < -0.4 is 5.32 Å². The zero-order valence-electron chi connectivity index (χ0n) is 18.5. The minimum atomic E-state index is -1.14. The molecule has 0 bridgehead atoms. The lowest BCUT2D eigenvalue weighted by molar-refractivity contribution is -0.0896. The van der Waals surface area contributed by atoms with Crippen LogP contribution >= 0.6 is 0 Å². The third kappa shape index (κ3) is 8.35. The molecule has 0 aliphatic carbocycles. The number of nitrogens with zero attached hydrogens (tertiary/aromatic N) is 1. The summed E-state index contributed by atoms with van der Waals surface area (Å²) in [5.74, 6) is 0. The molecule has 0 saturated carbocycles. The van der Waals surface area contributed by atoms with Crippen LogP contribution in [0.1, 0.15) is 27.2 Å². The van der Waals surface area contributed by atoms with E-state index in [1.165, 1.54) is 0 Å². The van der Waals surface area contributed by atoms with Crippen LogP contribution in [0.25, 0.3) is 0 Å². The summed E-state index contributed by atoms with van der Waals surface area (Å²) < 4.78 is 22.1. The van der Waals surface area contributed by atoms with Crippen molar-refractivity contribution in [3.63, 3.8) is 0 Å². The van der Waals surface area contributed by atoms with Gasteiger partial charge in [0.25, 0.3) is 0 Å². The molecule has 2 heterocycles. The smallest absolute Gasteiger partial charge is 0.410 e. The molecular formula is C20H36N2O6Si. The molecule has 0 aromatic heterocycles. The summed E-state index contributed by atoms with van der Waals surface area (Å²) in [7, 11) is -1.14. The number of nitrogens with one attached hydrogen (secondary N) is 1. The van der Waals surface area contributed by atoms with Gasteiger partial charge in [0.2, 0.25) is 0 Å². The number of likely N-dealkylation sites (tertiary alicyclic amines) is 1. The first kappa shape index (κ1) is 23.7. The normalized spacial score (nSPS) is 25.4. The van der Waals surface area contributed by atoms with E-state index in [0.29, 0.717) is 19.6 Å². The second-order valence-corrected chi connectivity index (χ2v) is 15.4. The number of carbonyl (C=O) groups is 2. The highest BCUT2D eigenvalue weighted by Gasteiger charge is 2.38. The average molecular weight is 429 g/mol. The van der Waals surface area contributed by atoms with Crippen molar-refractivity contribution in [1.82, 2.24) is 10.2 Å². The number of rotatable bonds is 8. The minimum absolute atomic E-state index is 0.191. The highest BCUT2D eigenvalue weighted by Crippen LogP contribution is 2.25. The summed E-state index contributed by atoms with van der Waals surface area (Å²) in [6.45, 7) is 14.1. The third-order valence-corrected chi connectivity index (χ3v) is 6.33. The van der Waals surface area contributed by atoms with E-state index in [9.17, 15) is 9.59 Å². The van der Waals surface area contributed by atoms with Crippen molar-refractivity contribution in [2.24, 2.45) is 0 Å². The molecule has 2 amide bonds. The Kier molecular flexibility index (Phi) is 8.13. The fourth-order valence-electron chi connectivity index (χ4n) is 3.05. The zero-order valence-corrected chi connectivity index (χ0v) is 19.5. The lowest BCUT2D eigenvalue weighted by Gasteiger charge is -2.29. The van der Waals surface area contributed by atoms with Crippen molar-refractivity contribution in [2.75, 3.05) is 26.6 Å². The number of amides is 2. The number of hydrogen-bond donors (Lipinski definition) is 1. The maximum atomic E-state index is 12.6. The van der Waals surface area contributed by atoms with Gasteiger partial charge in [0.05, 0.1) is 18.2 Å². The molecule has 0 radical (unpaired) electrons. The topological polar surface area (TPSA) is 86.3 Å². The predicted octanol–water partition coefficient (Wildman–Crippen LogP) is 3.36. The standard InChI is InChI=1S/C20H36N2O6Si/c1-20(2,3)28-19(24)22-10-9-17(27-14-25-11-12-29(4,5)6)16(22)8-7-15-13-26-18(23)21-15/h7-8,15-17H,9-14H2,1-6H3,(H,21,23)/b8-7-/t15-,16-,17-/m0/s1. The Bertz CT molecular complexity index is 599. The van der Waals surface area contributed by atoms with Crippen LogP contribution in [0.15, 0.2) is 12.2 Å². The van der Waals surface area contributed by atoms with Crippen LogP contribution in [0.5, 0.6) is 0 Å². The molecule has 9 heteroatoms. The van der Waals surface area contributed by atoms with Crippen molar-refractivity contribution < 1.29 is 28.5 Å². The van der Waals surface area contributed by atoms with E-state index < -0.39 is 19.8 Å². The second-order valence-electron chi connectivity index (χ2n) is 9.73. The average Bonchev–Trinajstić information content (AvgIpc) is 3.16. The van der Waals surface area contributed by atoms with Crippen LogP contribution in [0.4, 0.5) is 9.59 Å². The summed E-state index contributed by atoms with van der Waals surface area (Å²) in [5.41, 5.74) is -0.572. The van der Waals surface area contributed by atoms with Crippen LogP contribution in [0.3, 0.4) is 0 Å². The number of carbonyl (C=O) groups excluding carboxylic acids is 2. The van der Waals surface area contributed by atoms with E-state index in [1.807, 2.05) is 32.9 Å². The van der Waals surface area contributed by atoms with Gasteiger partial charge in [0.1, 0.15) is 19.0 Å². The monoisotopic (exact) mass is 428 g/mol. The highest BCUT2D eigenvalue weighted by atomic mass is 28.3. The van der Waals surface area contributed by atoms with Crippen molar-refractivity contribution in [3.05, 3.63) is 12.2 Å². The van der Waals surface area contributed by atoms with Gasteiger partial charge in [-0.25, -0.2) is 9.59 Å². The van der Waals surface area contributed by atoms with Crippen molar-refractivity contribution >= 4 is 20.3 Å². The Hall–Kier alpha value is -1.58. The quantitative estimate of drug-likeness (QED) is 0.276. The van der Waals surface area contributed by atoms with Gasteiger partial charge in [-0.3, -0.25) is 4.90 Å². The van der Waals surface area contributed by atoms with E-state index in [4.69, 9.17) is 18.9 Å². The predicted molar refractivity (Wildman–Crippen MR) is 113 cm³/mol. The molecule has 29 heavy (non-hydrogen) atoms. The number of alkyl carbamates (subject to hydrolysis) is 1. The van der Waals surface area contributed by atoms with Gasteiger partial charge < -0.3 is 24.3 Å². The van der Waals surface area contributed by atoms with Gasteiger partial charge in [-0.05, 0) is 33.2 Å². The molecule has 0 aromatic rings. The molecular weight excluding hydrogens is 392 g/mol. The van der Waals surface area contributed by atoms with E-state index in [-0.39, 0.29) is 37.7 Å². The summed E-state index contributed by atoms with van der Waals surface area (Å²) in [6.07, 6.45) is 3.44. The van der Waals surface area contributed by atoms with Gasteiger partial charge in [-0.15, -0.1) is 0 Å². The van der Waals surface area contributed by atoms with E-state index in [2.05, 4.69) is 25.0 Å². The summed E-state index contributed by atoms with van der Waals surface area (Å²) >= 11 is 0. The fraction of sp³-hybridized carbons (Fsp3) is 0.800. The van der Waals surface area contributed by atoms with Crippen molar-refractivity contribution in [3.8, 4) is 0 Å². The van der Waals surface area contributed by atoms with E-state index >= 15 is 0 Å². The molecule has 0 unspecified atom stereocenters. The Balaban J connectivity index is 1.96. The lowest BCUT2D eigenvalue weighted by Crippen LogP contribution is -2.42. The molecule has 2 aliphatic rings. The van der Waals surface area contributed by atoms with E-state index in [1.54, 1.807) is 4.90 Å². The fourth-order valence-corrected chi connectivity index (χ4v) is 3.81. The summed E-state index contributed by atoms with van der Waals surface area (Å²) in [5, 5.41) is 2.70. The SMILES string of the molecule is CC(C)(C)OC(=O)N1CC[C@H](OCOCC[Si](C)(C)C)[C@@H]1/C=C\[C@H]1COC(=O)N1. The molecule has 1 N–H and O–H groups in total. The molecule has 2 rings (SSSR count). The lowest BCUT2D eigenvalue weighted by atomic mass is 10.1. The van der Waals surface area contributed by atoms with Crippen LogP contribution in [-0.4, -0.2) is 75.5 Å². The van der Waals surface area contributed by atoms with Crippen LogP contribution in [-0.2, 0) is 18.9 Å². The van der Waals surface area contributed by atoms with Gasteiger partial charge >= 0.3 is 12.2 Å². The first-order valence-corrected chi connectivity index (χ1v) is 14.0. The third-order valence-electron chi connectivity index (χ3n) is 4.62. The largest absolute Gasteiger partial charge is 0.447 e. The first-order valence-electron chi connectivity index (χ1n) is 10.3.